The molecule has 0 saturated carbocycles. The molecule has 0 aliphatic carbocycles. The Balaban J connectivity index is 2.04. The largest absolute Gasteiger partial charge is 0.497 e. The highest BCUT2D eigenvalue weighted by atomic mass is 16.5. The molecule has 1 unspecified atom stereocenters. The summed E-state index contributed by atoms with van der Waals surface area (Å²) in [4.78, 5) is 11.5. The lowest BCUT2D eigenvalue weighted by atomic mass is 10.0. The molecule has 0 heterocycles. The van der Waals surface area contributed by atoms with Gasteiger partial charge >= 0.3 is 5.97 Å². The van der Waals surface area contributed by atoms with Crippen LogP contribution >= 0.6 is 0 Å². The number of carbonyl (C=O) groups is 1. The van der Waals surface area contributed by atoms with Crippen molar-refractivity contribution < 1.29 is 14.3 Å². The van der Waals surface area contributed by atoms with E-state index in [9.17, 15) is 4.79 Å². The molecular weight excluding hydrogens is 278 g/mol. The number of esters is 1. The molecule has 0 saturated heterocycles. The second-order valence-electron chi connectivity index (χ2n) is 4.99. The van der Waals surface area contributed by atoms with Gasteiger partial charge in [0.2, 0.25) is 0 Å². The van der Waals surface area contributed by atoms with Crippen molar-refractivity contribution in [2.24, 2.45) is 5.73 Å². The van der Waals surface area contributed by atoms with Crippen molar-refractivity contribution in [2.75, 3.05) is 13.7 Å². The van der Waals surface area contributed by atoms with Crippen LogP contribution in [-0.4, -0.2) is 25.7 Å². The fourth-order valence-electron chi connectivity index (χ4n) is 2.20. The summed E-state index contributed by atoms with van der Waals surface area (Å²) in [5.41, 5.74) is 9.06. The summed E-state index contributed by atoms with van der Waals surface area (Å²) in [5, 5.41) is 0. The first kappa shape index (κ1) is 16.0. The molecule has 0 aliphatic heterocycles. The molecule has 0 spiro atoms. The molecule has 116 valence electrons. The van der Waals surface area contributed by atoms with E-state index in [0.717, 1.165) is 22.4 Å². The highest BCUT2D eigenvalue weighted by Gasteiger charge is 2.14. The van der Waals surface area contributed by atoms with Gasteiger partial charge in [-0.25, -0.2) is 0 Å². The molecule has 0 bridgehead atoms. The van der Waals surface area contributed by atoms with Crippen LogP contribution in [-0.2, 0) is 16.0 Å². The molecule has 2 rings (SSSR count). The van der Waals surface area contributed by atoms with E-state index in [-0.39, 0.29) is 5.97 Å². The van der Waals surface area contributed by atoms with Gasteiger partial charge < -0.3 is 15.2 Å². The van der Waals surface area contributed by atoms with Crippen molar-refractivity contribution in [3.05, 3.63) is 54.1 Å². The Hall–Kier alpha value is -2.33. The van der Waals surface area contributed by atoms with Crippen molar-refractivity contribution >= 4 is 5.97 Å². The third-order valence-corrected chi connectivity index (χ3v) is 3.42. The number of hydrogen-bond donors (Lipinski definition) is 1. The zero-order valence-electron chi connectivity index (χ0n) is 12.9. The summed E-state index contributed by atoms with van der Waals surface area (Å²) in [7, 11) is 1.65. The third kappa shape index (κ3) is 4.09. The normalized spacial score (nSPS) is 11.8. The number of hydrogen-bond acceptors (Lipinski definition) is 4. The molecule has 0 radical (unpaired) electrons. The minimum atomic E-state index is -0.619. The number of methoxy groups -OCH3 is 1. The molecule has 1 atom stereocenters. The van der Waals surface area contributed by atoms with Crippen LogP contribution in [0.5, 0.6) is 5.75 Å². The first-order valence-electron chi connectivity index (χ1n) is 7.29. The Morgan fingerprint density at radius 1 is 1.05 bits per heavy atom. The van der Waals surface area contributed by atoms with Gasteiger partial charge in [-0.2, -0.15) is 0 Å². The minimum Gasteiger partial charge on any atom is -0.497 e. The zero-order valence-corrected chi connectivity index (χ0v) is 12.9. The average Bonchev–Trinajstić information content (AvgIpc) is 2.56. The van der Waals surface area contributed by atoms with Crippen molar-refractivity contribution in [1.29, 1.82) is 0 Å². The van der Waals surface area contributed by atoms with E-state index < -0.39 is 6.04 Å². The molecule has 4 heteroatoms. The van der Waals surface area contributed by atoms with Gasteiger partial charge in [0.05, 0.1) is 13.7 Å². The predicted molar refractivity (Wildman–Crippen MR) is 86.7 cm³/mol. The molecule has 2 aromatic carbocycles. The Kier molecular flexibility index (Phi) is 5.55. The predicted octanol–water partition coefficient (Wildman–Crippen LogP) is 2.80. The lowest BCUT2D eigenvalue weighted by Crippen LogP contribution is -2.34. The van der Waals surface area contributed by atoms with E-state index in [1.165, 1.54) is 0 Å². The molecule has 22 heavy (non-hydrogen) atoms. The van der Waals surface area contributed by atoms with Crippen LogP contribution in [0.1, 0.15) is 12.5 Å². The van der Waals surface area contributed by atoms with Gasteiger partial charge in [-0.1, -0.05) is 36.4 Å². The molecule has 0 amide bonds. The lowest BCUT2D eigenvalue weighted by molar-refractivity contribution is -0.144. The topological polar surface area (TPSA) is 61.5 Å². The van der Waals surface area contributed by atoms with Gasteiger partial charge in [0.25, 0.3) is 0 Å². The van der Waals surface area contributed by atoms with E-state index in [2.05, 4.69) is 0 Å². The van der Waals surface area contributed by atoms with Gasteiger partial charge in [-0.15, -0.1) is 0 Å². The Labute approximate surface area is 130 Å². The fraction of sp³-hybridized carbons (Fsp3) is 0.278. The van der Waals surface area contributed by atoms with Crippen LogP contribution in [0.15, 0.2) is 48.5 Å². The molecule has 2 aromatic rings. The standard InChI is InChI=1S/C18H21NO3/c1-3-22-18(20)17(19)12-13-4-6-14(7-5-13)15-8-10-16(21-2)11-9-15/h4-11,17H,3,12,19H2,1-2H3. The van der Waals surface area contributed by atoms with E-state index in [0.29, 0.717) is 13.0 Å². The second kappa shape index (κ2) is 7.61. The van der Waals surface area contributed by atoms with Gasteiger partial charge in [-0.05, 0) is 42.2 Å². The quantitative estimate of drug-likeness (QED) is 0.833. The van der Waals surface area contributed by atoms with E-state index in [1.807, 2.05) is 48.5 Å². The van der Waals surface area contributed by atoms with Crippen LogP contribution in [0.25, 0.3) is 11.1 Å². The molecule has 4 nitrogen and oxygen atoms in total. The zero-order chi connectivity index (χ0) is 15.9. The smallest absolute Gasteiger partial charge is 0.323 e. The Morgan fingerprint density at radius 3 is 2.09 bits per heavy atom. The number of nitrogens with two attached hydrogens (primary N) is 1. The molecule has 0 fully saturated rings. The summed E-state index contributed by atoms with van der Waals surface area (Å²) in [5.74, 6) is 0.475. The summed E-state index contributed by atoms with van der Waals surface area (Å²) >= 11 is 0. The number of rotatable bonds is 6. The Bertz CT molecular complexity index is 605. The van der Waals surface area contributed by atoms with E-state index in [1.54, 1.807) is 14.0 Å². The maximum atomic E-state index is 11.5. The van der Waals surface area contributed by atoms with Gasteiger partial charge in [-0.3, -0.25) is 4.79 Å². The maximum absolute atomic E-state index is 11.5. The van der Waals surface area contributed by atoms with Crippen LogP contribution in [0.2, 0.25) is 0 Å². The highest BCUT2D eigenvalue weighted by Crippen LogP contribution is 2.22. The second-order valence-corrected chi connectivity index (χ2v) is 4.99. The van der Waals surface area contributed by atoms with Gasteiger partial charge in [0, 0.05) is 0 Å². The van der Waals surface area contributed by atoms with Crippen LogP contribution in [0.4, 0.5) is 0 Å². The summed E-state index contributed by atoms with van der Waals surface area (Å²) in [6.45, 7) is 2.12. The van der Waals surface area contributed by atoms with Gasteiger partial charge in [0.1, 0.15) is 11.8 Å². The van der Waals surface area contributed by atoms with Crippen LogP contribution in [0.3, 0.4) is 0 Å². The fourth-order valence-corrected chi connectivity index (χ4v) is 2.20. The van der Waals surface area contributed by atoms with E-state index in [4.69, 9.17) is 15.2 Å². The first-order valence-corrected chi connectivity index (χ1v) is 7.29. The van der Waals surface area contributed by atoms with Crippen molar-refractivity contribution in [2.45, 2.75) is 19.4 Å². The Morgan fingerprint density at radius 2 is 1.59 bits per heavy atom. The first-order chi connectivity index (χ1) is 10.6. The average molecular weight is 299 g/mol. The molecule has 0 aliphatic rings. The number of ether oxygens (including phenoxy) is 2. The minimum absolute atomic E-state index is 0.350. The third-order valence-electron chi connectivity index (χ3n) is 3.42. The van der Waals surface area contributed by atoms with Crippen LogP contribution in [0, 0.1) is 0 Å². The van der Waals surface area contributed by atoms with E-state index >= 15 is 0 Å². The van der Waals surface area contributed by atoms with Crippen LogP contribution < -0.4 is 10.5 Å². The van der Waals surface area contributed by atoms with Crippen molar-refractivity contribution in [1.82, 2.24) is 0 Å². The van der Waals surface area contributed by atoms with Crippen molar-refractivity contribution in [3.8, 4) is 16.9 Å². The molecular formula is C18H21NO3. The maximum Gasteiger partial charge on any atom is 0.323 e. The monoisotopic (exact) mass is 299 g/mol. The summed E-state index contributed by atoms with van der Waals surface area (Å²) < 4.78 is 10.1. The summed E-state index contributed by atoms with van der Waals surface area (Å²) in [6.07, 6.45) is 0.474. The lowest BCUT2D eigenvalue weighted by Gasteiger charge is -2.11. The highest BCUT2D eigenvalue weighted by molar-refractivity contribution is 5.76. The van der Waals surface area contributed by atoms with Crippen molar-refractivity contribution in [3.63, 3.8) is 0 Å². The summed E-state index contributed by atoms with van der Waals surface area (Å²) in [6, 6.07) is 15.3. The number of carbonyl (C=O) groups excluding carboxylic acids is 1. The SMILES string of the molecule is CCOC(=O)C(N)Cc1ccc(-c2ccc(OC)cc2)cc1. The molecule has 2 N–H and O–H groups in total. The molecule has 0 aromatic heterocycles. The van der Waals surface area contributed by atoms with Gasteiger partial charge in [0.15, 0.2) is 0 Å². The number of benzene rings is 2.